The van der Waals surface area contributed by atoms with Crippen LogP contribution >= 0.6 is 0 Å². The van der Waals surface area contributed by atoms with Crippen molar-refractivity contribution >= 4 is 23.9 Å². The van der Waals surface area contributed by atoms with Gasteiger partial charge in [-0.2, -0.15) is 0 Å². The molecular formula is C17H21N3O6. The van der Waals surface area contributed by atoms with Crippen LogP contribution in [0.4, 0.5) is 9.59 Å². The van der Waals surface area contributed by atoms with E-state index in [1.165, 1.54) is 7.11 Å². The highest BCUT2D eigenvalue weighted by molar-refractivity contribution is 6.09. The summed E-state index contributed by atoms with van der Waals surface area (Å²) in [7, 11) is 1.52. The van der Waals surface area contributed by atoms with E-state index in [4.69, 9.17) is 4.74 Å². The quantitative estimate of drug-likeness (QED) is 0.724. The number of nitrogens with one attached hydrogen (secondary N) is 2. The van der Waals surface area contributed by atoms with Crippen molar-refractivity contribution in [1.29, 1.82) is 0 Å². The van der Waals surface area contributed by atoms with Gasteiger partial charge in [-0.05, 0) is 25.5 Å². The summed E-state index contributed by atoms with van der Waals surface area (Å²) in [6.07, 6.45) is -0.737. The molecule has 1 heterocycles. The fourth-order valence-corrected chi connectivity index (χ4v) is 2.70. The van der Waals surface area contributed by atoms with Gasteiger partial charge >= 0.3 is 12.1 Å². The minimum absolute atomic E-state index is 0.0965. The Morgan fingerprint density at radius 3 is 2.62 bits per heavy atom. The Hall–Kier alpha value is -3.10. The molecule has 1 fully saturated rings. The van der Waals surface area contributed by atoms with Gasteiger partial charge in [0.2, 0.25) is 5.91 Å². The number of hydrogen-bond acceptors (Lipinski definition) is 6. The average molecular weight is 363 g/mol. The maximum absolute atomic E-state index is 12.7. The zero-order valence-corrected chi connectivity index (χ0v) is 14.8. The van der Waals surface area contributed by atoms with Crippen molar-refractivity contribution in [2.45, 2.75) is 25.8 Å². The number of alkyl carbamates (subject to hydrolysis) is 1. The van der Waals surface area contributed by atoms with Gasteiger partial charge in [0.25, 0.3) is 5.91 Å². The first kappa shape index (κ1) is 19.2. The van der Waals surface area contributed by atoms with E-state index in [2.05, 4.69) is 10.1 Å². The van der Waals surface area contributed by atoms with Crippen molar-refractivity contribution in [2.24, 2.45) is 0 Å². The van der Waals surface area contributed by atoms with Crippen molar-refractivity contribution in [3.63, 3.8) is 0 Å². The fourth-order valence-electron chi connectivity index (χ4n) is 2.70. The fraction of sp³-hybridized carbons (Fsp3) is 0.412. The molecule has 1 aromatic rings. The van der Waals surface area contributed by atoms with E-state index in [-0.39, 0.29) is 13.0 Å². The van der Waals surface area contributed by atoms with Gasteiger partial charge in [-0.3, -0.25) is 19.8 Å². The van der Waals surface area contributed by atoms with E-state index in [9.17, 15) is 19.2 Å². The maximum atomic E-state index is 12.7. The lowest BCUT2D eigenvalue weighted by molar-refractivity contribution is -0.134. The molecule has 0 spiro atoms. The van der Waals surface area contributed by atoms with E-state index in [1.54, 1.807) is 38.1 Å². The standard InChI is InChI=1S/C17H21N3O6/c1-4-26-16(24)18-13(21)10-20-14(22)17(2,19-15(20)23)9-11-7-5-6-8-12(11)25-3/h5-8H,4,9-10H2,1-3H3,(H,19,23)(H,18,21,24)/t17-/m0/s1. The van der Waals surface area contributed by atoms with Crippen LogP contribution in [0.15, 0.2) is 24.3 Å². The molecule has 140 valence electrons. The van der Waals surface area contributed by atoms with Gasteiger partial charge in [-0.1, -0.05) is 18.2 Å². The summed E-state index contributed by atoms with van der Waals surface area (Å²) in [5, 5.41) is 4.55. The third-order valence-electron chi connectivity index (χ3n) is 3.90. The highest BCUT2D eigenvalue weighted by atomic mass is 16.5. The Morgan fingerprint density at radius 2 is 1.96 bits per heavy atom. The molecule has 9 heteroatoms. The molecule has 1 aliphatic heterocycles. The van der Waals surface area contributed by atoms with Gasteiger partial charge in [-0.25, -0.2) is 9.59 Å². The third kappa shape index (κ3) is 4.11. The summed E-state index contributed by atoms with van der Waals surface area (Å²) in [6, 6.07) is 6.44. The van der Waals surface area contributed by atoms with Gasteiger partial charge in [0.05, 0.1) is 13.7 Å². The molecule has 5 amide bonds. The van der Waals surface area contributed by atoms with Gasteiger partial charge in [0, 0.05) is 6.42 Å². The molecule has 2 N–H and O–H groups in total. The molecule has 0 aliphatic carbocycles. The van der Waals surface area contributed by atoms with Gasteiger partial charge in [0.15, 0.2) is 0 Å². The molecule has 0 bridgehead atoms. The first-order chi connectivity index (χ1) is 12.3. The van der Waals surface area contributed by atoms with Crippen LogP contribution < -0.4 is 15.4 Å². The summed E-state index contributed by atoms with van der Waals surface area (Å²) < 4.78 is 9.86. The van der Waals surface area contributed by atoms with Crippen LogP contribution in [0, 0.1) is 0 Å². The Labute approximate surface area is 150 Å². The summed E-state index contributed by atoms with van der Waals surface area (Å²) >= 11 is 0. The smallest absolute Gasteiger partial charge is 0.413 e. The second-order valence-electron chi connectivity index (χ2n) is 5.91. The summed E-state index contributed by atoms with van der Waals surface area (Å²) in [5.41, 5.74) is -0.486. The number of para-hydroxylation sites is 1. The predicted molar refractivity (Wildman–Crippen MR) is 90.5 cm³/mol. The van der Waals surface area contributed by atoms with E-state index < -0.39 is 36.0 Å². The van der Waals surface area contributed by atoms with Crippen molar-refractivity contribution in [1.82, 2.24) is 15.5 Å². The van der Waals surface area contributed by atoms with Crippen molar-refractivity contribution in [2.75, 3.05) is 20.3 Å². The molecule has 0 radical (unpaired) electrons. The number of urea groups is 1. The van der Waals surface area contributed by atoms with E-state index in [0.717, 1.165) is 10.5 Å². The number of carbonyl (C=O) groups is 4. The van der Waals surface area contributed by atoms with Crippen molar-refractivity contribution < 1.29 is 28.7 Å². The van der Waals surface area contributed by atoms with Gasteiger partial charge in [-0.15, -0.1) is 0 Å². The average Bonchev–Trinajstić information content (AvgIpc) is 2.78. The monoisotopic (exact) mass is 363 g/mol. The zero-order chi connectivity index (χ0) is 19.3. The molecule has 1 aliphatic rings. The highest BCUT2D eigenvalue weighted by Gasteiger charge is 2.48. The van der Waals surface area contributed by atoms with Crippen molar-refractivity contribution in [3.05, 3.63) is 29.8 Å². The molecule has 26 heavy (non-hydrogen) atoms. The Balaban J connectivity index is 2.09. The van der Waals surface area contributed by atoms with Crippen LogP contribution in [-0.2, 0) is 20.7 Å². The molecule has 0 aromatic heterocycles. The van der Waals surface area contributed by atoms with Crippen LogP contribution in [0.2, 0.25) is 0 Å². The van der Waals surface area contributed by atoms with Crippen LogP contribution in [0.25, 0.3) is 0 Å². The SMILES string of the molecule is CCOC(=O)NC(=O)CN1C(=O)N[C@@](C)(Cc2ccccc2OC)C1=O. The number of carbonyl (C=O) groups excluding carboxylic acids is 4. The largest absolute Gasteiger partial charge is 0.496 e. The second-order valence-corrected chi connectivity index (χ2v) is 5.91. The zero-order valence-electron chi connectivity index (χ0n) is 14.8. The lowest BCUT2D eigenvalue weighted by Crippen LogP contribution is -2.47. The Bertz CT molecular complexity index is 735. The molecule has 1 saturated heterocycles. The maximum Gasteiger partial charge on any atom is 0.413 e. The van der Waals surface area contributed by atoms with E-state index in [0.29, 0.717) is 5.75 Å². The van der Waals surface area contributed by atoms with E-state index in [1.807, 2.05) is 5.32 Å². The molecule has 2 rings (SSSR count). The lowest BCUT2D eigenvalue weighted by Gasteiger charge is -2.22. The minimum atomic E-state index is -1.23. The number of nitrogens with zero attached hydrogens (tertiary/aromatic N) is 1. The highest BCUT2D eigenvalue weighted by Crippen LogP contribution is 2.27. The number of amides is 5. The summed E-state index contributed by atoms with van der Waals surface area (Å²) in [6.45, 7) is 2.68. The third-order valence-corrected chi connectivity index (χ3v) is 3.90. The molecule has 0 unspecified atom stereocenters. The Kier molecular flexibility index (Phi) is 5.81. The van der Waals surface area contributed by atoms with Crippen molar-refractivity contribution in [3.8, 4) is 5.75 Å². The number of hydrogen-bond donors (Lipinski definition) is 2. The first-order valence-corrected chi connectivity index (χ1v) is 8.03. The lowest BCUT2D eigenvalue weighted by atomic mass is 9.92. The van der Waals surface area contributed by atoms with Gasteiger partial charge < -0.3 is 14.8 Å². The topological polar surface area (TPSA) is 114 Å². The minimum Gasteiger partial charge on any atom is -0.496 e. The molecule has 0 saturated carbocycles. The number of ether oxygens (including phenoxy) is 2. The normalized spacial score (nSPS) is 19.1. The second kappa shape index (κ2) is 7.85. The van der Waals surface area contributed by atoms with Gasteiger partial charge in [0.1, 0.15) is 17.8 Å². The number of methoxy groups -OCH3 is 1. The molecular weight excluding hydrogens is 342 g/mol. The number of rotatable bonds is 6. The Morgan fingerprint density at radius 1 is 1.27 bits per heavy atom. The number of imide groups is 2. The summed E-state index contributed by atoms with van der Waals surface area (Å²) in [5.74, 6) is -0.782. The molecule has 1 atom stereocenters. The molecule has 9 nitrogen and oxygen atoms in total. The van der Waals surface area contributed by atoms with E-state index >= 15 is 0 Å². The van der Waals surface area contributed by atoms with Crippen LogP contribution in [-0.4, -0.2) is 54.6 Å². The number of benzene rings is 1. The van der Waals surface area contributed by atoms with Crippen LogP contribution in [0.3, 0.4) is 0 Å². The van der Waals surface area contributed by atoms with Crippen LogP contribution in [0.1, 0.15) is 19.4 Å². The van der Waals surface area contributed by atoms with Crippen LogP contribution in [0.5, 0.6) is 5.75 Å². The molecule has 1 aromatic carbocycles. The predicted octanol–water partition coefficient (Wildman–Crippen LogP) is 0.821. The summed E-state index contributed by atoms with van der Waals surface area (Å²) in [4.78, 5) is 48.7. The first-order valence-electron chi connectivity index (χ1n) is 8.03.